The van der Waals surface area contributed by atoms with Crippen LogP contribution in [0.2, 0.25) is 0 Å². The minimum Gasteiger partial charge on any atom is -0.508 e. The summed E-state index contributed by atoms with van der Waals surface area (Å²) in [7, 11) is -0.853. The van der Waals surface area contributed by atoms with Crippen molar-refractivity contribution in [3.8, 4) is 5.75 Å². The monoisotopic (exact) mass is 591 g/mol. The van der Waals surface area contributed by atoms with Crippen LogP contribution in [0, 0.1) is 0 Å². The molecule has 0 heterocycles. The van der Waals surface area contributed by atoms with E-state index >= 15 is 0 Å². The Morgan fingerprint density at radius 3 is 2.41 bits per heavy atom. The molecule has 8 nitrogen and oxygen atoms in total. The van der Waals surface area contributed by atoms with Crippen LogP contribution in [0.3, 0.4) is 0 Å². The first-order valence-electron chi connectivity index (χ1n) is 14.9. The lowest BCUT2D eigenvalue weighted by atomic mass is 10.1. The highest BCUT2D eigenvalue weighted by molar-refractivity contribution is 7.85. The van der Waals surface area contributed by atoms with Crippen LogP contribution in [0.25, 0.3) is 0 Å². The standard InChI is InChI=1S/C30H45NO5S.C2H4O2/c32-23-26-21-25(15-16-29(26)33)30(34)22-31-17-6-1-2-7-18-36-19-8-5-10-24-11-9-14-28(20-24)37(35)27-12-3-4-13-27;1-2(3)4/h9,11,14-16,20-21,27,30-34H,1-8,10,12-13,17-19,22-23H2;1H3,(H,3,4)/t30-,37?;/m0./s1. The largest absolute Gasteiger partial charge is 0.508 e. The van der Waals surface area contributed by atoms with Crippen molar-refractivity contribution < 1.29 is 34.2 Å². The number of unbranched alkanes of at least 4 members (excludes halogenated alkanes) is 4. The summed E-state index contributed by atoms with van der Waals surface area (Å²) in [6.07, 6.45) is 11.5. The molecule has 5 N–H and O–H groups in total. The SMILES string of the molecule is CC(=O)O.O=S(c1cccc(CCCCOCCCCCCNC[C@H](O)c2ccc(O)c(CO)c2)c1)C1CCCC1. The number of nitrogens with one attached hydrogen (secondary N) is 1. The number of aliphatic hydroxyl groups is 2. The molecule has 1 unspecified atom stereocenters. The minimum atomic E-state index is -0.853. The topological polar surface area (TPSA) is 136 Å². The second kappa shape index (κ2) is 20.6. The van der Waals surface area contributed by atoms with Crippen LogP contribution in [0.5, 0.6) is 5.75 Å². The molecule has 41 heavy (non-hydrogen) atoms. The van der Waals surface area contributed by atoms with Gasteiger partial charge in [0, 0.05) is 42.4 Å². The number of aryl methyl sites for hydroxylation is 1. The normalized spacial score (nSPS) is 14.8. The van der Waals surface area contributed by atoms with Gasteiger partial charge < -0.3 is 30.5 Å². The van der Waals surface area contributed by atoms with E-state index in [0.717, 1.165) is 89.4 Å². The lowest BCUT2D eigenvalue weighted by Crippen LogP contribution is -2.22. The predicted molar refractivity (Wildman–Crippen MR) is 163 cm³/mol. The minimum absolute atomic E-state index is 0.0466. The van der Waals surface area contributed by atoms with E-state index in [-0.39, 0.29) is 12.4 Å². The van der Waals surface area contributed by atoms with E-state index < -0.39 is 22.9 Å². The Hall–Kier alpha value is -2.30. The number of ether oxygens (including phenoxy) is 1. The quantitative estimate of drug-likeness (QED) is 0.148. The number of hydrogen-bond donors (Lipinski definition) is 5. The van der Waals surface area contributed by atoms with Crippen LogP contribution in [0.4, 0.5) is 0 Å². The van der Waals surface area contributed by atoms with E-state index in [0.29, 0.717) is 22.9 Å². The summed E-state index contributed by atoms with van der Waals surface area (Å²) in [6, 6.07) is 13.2. The molecule has 3 rings (SSSR count). The first-order valence-corrected chi connectivity index (χ1v) is 16.1. The third kappa shape index (κ3) is 14.4. The molecule has 1 saturated carbocycles. The summed E-state index contributed by atoms with van der Waals surface area (Å²) >= 11 is 0. The summed E-state index contributed by atoms with van der Waals surface area (Å²) in [5.74, 6) is -0.787. The summed E-state index contributed by atoms with van der Waals surface area (Å²) in [5.41, 5.74) is 2.40. The number of carbonyl (C=O) groups is 1. The Labute approximate surface area is 247 Å². The van der Waals surface area contributed by atoms with Crippen molar-refractivity contribution in [1.29, 1.82) is 0 Å². The molecule has 1 fully saturated rings. The van der Waals surface area contributed by atoms with E-state index in [1.165, 1.54) is 24.5 Å². The molecule has 2 aromatic carbocycles. The van der Waals surface area contributed by atoms with Crippen molar-refractivity contribution in [2.45, 2.75) is 100 Å². The molecule has 0 amide bonds. The van der Waals surface area contributed by atoms with Crippen molar-refractivity contribution in [2.75, 3.05) is 26.3 Å². The van der Waals surface area contributed by atoms with Crippen molar-refractivity contribution in [1.82, 2.24) is 5.32 Å². The number of aromatic hydroxyl groups is 1. The first-order chi connectivity index (χ1) is 19.8. The molecule has 9 heteroatoms. The summed E-state index contributed by atoms with van der Waals surface area (Å²) in [5, 5.41) is 40.2. The van der Waals surface area contributed by atoms with Gasteiger partial charge in [0.2, 0.25) is 0 Å². The fourth-order valence-corrected chi connectivity index (χ4v) is 6.49. The number of rotatable bonds is 18. The van der Waals surface area contributed by atoms with Gasteiger partial charge in [0.25, 0.3) is 5.97 Å². The van der Waals surface area contributed by atoms with Crippen molar-refractivity contribution >= 4 is 16.8 Å². The highest BCUT2D eigenvalue weighted by Gasteiger charge is 2.22. The Bertz CT molecular complexity index is 1040. The van der Waals surface area contributed by atoms with Gasteiger partial charge in [0.05, 0.1) is 23.5 Å². The molecule has 1 aliphatic carbocycles. The zero-order valence-corrected chi connectivity index (χ0v) is 25.2. The summed E-state index contributed by atoms with van der Waals surface area (Å²) in [4.78, 5) is 10.0. The fourth-order valence-electron chi connectivity index (χ4n) is 4.86. The summed E-state index contributed by atoms with van der Waals surface area (Å²) < 4.78 is 18.6. The predicted octanol–water partition coefficient (Wildman–Crippen LogP) is 5.25. The maximum absolute atomic E-state index is 12.7. The molecule has 0 spiro atoms. The average Bonchev–Trinajstić information content (AvgIpc) is 3.50. The molecular weight excluding hydrogens is 542 g/mol. The number of phenols is 1. The Balaban J connectivity index is 0.00000138. The number of hydrogen-bond acceptors (Lipinski definition) is 7. The van der Waals surface area contributed by atoms with Crippen molar-refractivity contribution in [3.05, 3.63) is 59.2 Å². The van der Waals surface area contributed by atoms with Gasteiger partial charge in [-0.3, -0.25) is 9.00 Å². The van der Waals surface area contributed by atoms with E-state index in [9.17, 15) is 19.5 Å². The van der Waals surface area contributed by atoms with E-state index in [1.807, 2.05) is 6.07 Å². The lowest BCUT2D eigenvalue weighted by molar-refractivity contribution is -0.134. The molecule has 2 atom stereocenters. The molecule has 0 saturated heterocycles. The number of carboxylic acids is 1. The van der Waals surface area contributed by atoms with Crippen LogP contribution in [0.15, 0.2) is 47.4 Å². The van der Waals surface area contributed by atoms with Crippen LogP contribution in [-0.2, 0) is 33.4 Å². The van der Waals surface area contributed by atoms with E-state index in [4.69, 9.17) is 14.6 Å². The molecule has 0 radical (unpaired) electrons. The van der Waals surface area contributed by atoms with E-state index in [2.05, 4.69) is 23.5 Å². The van der Waals surface area contributed by atoms with Gasteiger partial charge in [0.15, 0.2) is 0 Å². The second-order valence-corrected chi connectivity index (χ2v) is 12.4. The third-order valence-corrected chi connectivity index (χ3v) is 8.92. The summed E-state index contributed by atoms with van der Waals surface area (Å²) in [6.45, 7) is 3.72. The van der Waals surface area contributed by atoms with Gasteiger partial charge in [-0.05, 0) is 86.9 Å². The van der Waals surface area contributed by atoms with Crippen LogP contribution >= 0.6 is 0 Å². The molecular formula is C32H49NO7S. The van der Waals surface area contributed by atoms with Crippen LogP contribution in [0.1, 0.15) is 93.9 Å². The maximum atomic E-state index is 12.7. The highest BCUT2D eigenvalue weighted by Crippen LogP contribution is 2.27. The molecule has 2 aromatic rings. The number of carboxylic acid groups (broad SMARTS) is 1. The molecule has 230 valence electrons. The van der Waals surface area contributed by atoms with Gasteiger partial charge >= 0.3 is 0 Å². The van der Waals surface area contributed by atoms with Gasteiger partial charge in [-0.15, -0.1) is 0 Å². The maximum Gasteiger partial charge on any atom is 0.300 e. The number of aliphatic carboxylic acids is 1. The van der Waals surface area contributed by atoms with Gasteiger partial charge in [-0.1, -0.05) is 43.9 Å². The first kappa shape index (κ1) is 34.9. The second-order valence-electron chi connectivity index (χ2n) is 10.6. The Kier molecular flexibility index (Phi) is 17.5. The molecule has 1 aliphatic rings. The van der Waals surface area contributed by atoms with Crippen LogP contribution < -0.4 is 5.32 Å². The lowest BCUT2D eigenvalue weighted by Gasteiger charge is -2.14. The molecule has 0 aromatic heterocycles. The highest BCUT2D eigenvalue weighted by atomic mass is 32.2. The zero-order chi connectivity index (χ0) is 29.9. The smallest absolute Gasteiger partial charge is 0.300 e. The average molecular weight is 592 g/mol. The Morgan fingerprint density at radius 1 is 1.02 bits per heavy atom. The third-order valence-electron chi connectivity index (χ3n) is 7.13. The van der Waals surface area contributed by atoms with Gasteiger partial charge in [0.1, 0.15) is 5.75 Å². The Morgan fingerprint density at radius 2 is 1.71 bits per heavy atom. The number of aliphatic hydroxyl groups excluding tert-OH is 2. The zero-order valence-electron chi connectivity index (χ0n) is 24.4. The van der Waals surface area contributed by atoms with Gasteiger partial charge in [-0.25, -0.2) is 0 Å². The van der Waals surface area contributed by atoms with Crippen LogP contribution in [-0.4, -0.2) is 62.2 Å². The van der Waals surface area contributed by atoms with Crippen molar-refractivity contribution in [3.63, 3.8) is 0 Å². The fraction of sp³-hybridized carbons (Fsp3) is 0.594. The molecule has 0 bridgehead atoms. The van der Waals surface area contributed by atoms with Crippen molar-refractivity contribution in [2.24, 2.45) is 0 Å². The molecule has 0 aliphatic heterocycles. The van der Waals surface area contributed by atoms with Gasteiger partial charge in [-0.2, -0.15) is 0 Å². The number of benzene rings is 2. The van der Waals surface area contributed by atoms with E-state index in [1.54, 1.807) is 12.1 Å².